The third-order valence-corrected chi connectivity index (χ3v) is 4.05. The summed E-state index contributed by atoms with van der Waals surface area (Å²) in [6, 6.07) is 0. The van der Waals surface area contributed by atoms with Crippen LogP contribution >= 0.6 is 0 Å². The minimum atomic E-state index is -0.290. The van der Waals surface area contributed by atoms with Crippen molar-refractivity contribution >= 4 is 5.91 Å². The highest BCUT2D eigenvalue weighted by atomic mass is 16.2. The SMILES string of the molecule is [CH2]n1c(C2CCCCC2)cn(C(=O)CCCC)c1=O. The molecule has 1 aliphatic rings. The maximum absolute atomic E-state index is 12.1. The van der Waals surface area contributed by atoms with Gasteiger partial charge in [-0.25, -0.2) is 9.36 Å². The Balaban J connectivity index is 2.22. The Labute approximate surface area is 114 Å². The summed E-state index contributed by atoms with van der Waals surface area (Å²) in [6.07, 6.45) is 9.82. The fraction of sp³-hybridized carbons (Fsp3) is 0.667. The molecule has 0 atom stereocenters. The maximum Gasteiger partial charge on any atom is 0.335 e. The number of hydrogen-bond acceptors (Lipinski definition) is 2. The molecule has 1 aliphatic carbocycles. The van der Waals surface area contributed by atoms with Crippen LogP contribution in [0.5, 0.6) is 0 Å². The fourth-order valence-electron chi connectivity index (χ4n) is 2.85. The van der Waals surface area contributed by atoms with E-state index in [9.17, 15) is 9.59 Å². The highest BCUT2D eigenvalue weighted by molar-refractivity contribution is 5.78. The van der Waals surface area contributed by atoms with Gasteiger partial charge in [0.2, 0.25) is 5.91 Å². The van der Waals surface area contributed by atoms with Crippen molar-refractivity contribution in [2.75, 3.05) is 0 Å². The van der Waals surface area contributed by atoms with E-state index in [-0.39, 0.29) is 11.6 Å². The lowest BCUT2D eigenvalue weighted by atomic mass is 9.87. The van der Waals surface area contributed by atoms with Gasteiger partial charge in [-0.2, -0.15) is 0 Å². The zero-order valence-corrected chi connectivity index (χ0v) is 11.7. The van der Waals surface area contributed by atoms with Gasteiger partial charge in [-0.3, -0.25) is 9.36 Å². The zero-order valence-electron chi connectivity index (χ0n) is 11.7. The van der Waals surface area contributed by atoms with Gasteiger partial charge >= 0.3 is 5.69 Å². The van der Waals surface area contributed by atoms with Gasteiger partial charge in [-0.05, 0) is 19.3 Å². The van der Waals surface area contributed by atoms with E-state index >= 15 is 0 Å². The standard InChI is InChI=1S/C15H23N2O2/c1-3-4-10-14(18)17-11-13(16(2)15(17)19)12-8-6-5-7-9-12/h11-12H,2-10H2,1H3. The van der Waals surface area contributed by atoms with Crippen LogP contribution in [-0.4, -0.2) is 15.0 Å². The summed E-state index contributed by atoms with van der Waals surface area (Å²) in [5.41, 5.74) is 0.635. The van der Waals surface area contributed by atoms with E-state index in [0.717, 1.165) is 31.4 Å². The number of unbranched alkanes of at least 4 members (excludes halogenated alkanes) is 1. The first kappa shape index (κ1) is 14.1. The lowest BCUT2D eigenvalue weighted by Crippen LogP contribution is -2.27. The Hall–Kier alpha value is -1.32. The van der Waals surface area contributed by atoms with Crippen molar-refractivity contribution in [3.8, 4) is 0 Å². The Morgan fingerprint density at radius 2 is 2.05 bits per heavy atom. The van der Waals surface area contributed by atoms with Gasteiger partial charge in [-0.1, -0.05) is 32.6 Å². The van der Waals surface area contributed by atoms with Crippen molar-refractivity contribution in [2.45, 2.75) is 64.2 Å². The van der Waals surface area contributed by atoms with Gasteiger partial charge in [0.25, 0.3) is 0 Å². The Morgan fingerprint density at radius 3 is 2.68 bits per heavy atom. The van der Waals surface area contributed by atoms with Crippen LogP contribution in [0.15, 0.2) is 11.0 Å². The molecule has 1 aromatic rings. The largest absolute Gasteiger partial charge is 0.335 e. The molecular weight excluding hydrogens is 240 g/mol. The molecule has 19 heavy (non-hydrogen) atoms. The van der Waals surface area contributed by atoms with E-state index in [4.69, 9.17) is 0 Å². The highest BCUT2D eigenvalue weighted by Crippen LogP contribution is 2.31. The molecule has 0 unspecified atom stereocenters. The summed E-state index contributed by atoms with van der Waals surface area (Å²) in [6.45, 7) is 2.04. The molecular formula is C15H23N2O2. The third kappa shape index (κ3) is 2.99. The van der Waals surface area contributed by atoms with Crippen molar-refractivity contribution in [3.63, 3.8) is 0 Å². The number of nitrogens with zero attached hydrogens (tertiary/aromatic N) is 2. The predicted octanol–water partition coefficient (Wildman–Crippen LogP) is 3.17. The van der Waals surface area contributed by atoms with E-state index < -0.39 is 0 Å². The molecule has 0 N–H and O–H groups in total. The lowest BCUT2D eigenvalue weighted by Gasteiger charge is -2.21. The van der Waals surface area contributed by atoms with Crippen molar-refractivity contribution in [3.05, 3.63) is 29.4 Å². The summed E-state index contributed by atoms with van der Waals surface area (Å²) in [5.74, 6) is 0.283. The van der Waals surface area contributed by atoms with Crippen molar-refractivity contribution in [2.24, 2.45) is 0 Å². The smallest absolute Gasteiger partial charge is 0.294 e. The average molecular weight is 263 g/mol. The molecule has 0 aliphatic heterocycles. The molecule has 105 valence electrons. The van der Waals surface area contributed by atoms with Gasteiger partial charge < -0.3 is 0 Å². The van der Waals surface area contributed by atoms with Gasteiger partial charge in [0.1, 0.15) is 0 Å². The Bertz CT molecular complexity index is 493. The second-order valence-electron chi connectivity index (χ2n) is 5.47. The lowest BCUT2D eigenvalue weighted by molar-refractivity contribution is 0.0895. The number of aromatic nitrogens is 2. The third-order valence-electron chi connectivity index (χ3n) is 4.05. The van der Waals surface area contributed by atoms with Gasteiger partial charge in [-0.15, -0.1) is 0 Å². The number of rotatable bonds is 4. The summed E-state index contributed by atoms with van der Waals surface area (Å²) >= 11 is 0. The quantitative estimate of drug-likeness (QED) is 0.837. The number of carbonyl (C=O) groups excluding carboxylic acids is 1. The van der Waals surface area contributed by atoms with Gasteiger partial charge in [0, 0.05) is 31.3 Å². The molecule has 1 saturated carbocycles. The minimum absolute atomic E-state index is 0.105. The van der Waals surface area contributed by atoms with Gasteiger partial charge in [0.05, 0.1) is 0 Å². The van der Waals surface area contributed by atoms with Crippen LogP contribution in [0.1, 0.15) is 74.7 Å². The van der Waals surface area contributed by atoms with Crippen molar-refractivity contribution < 1.29 is 4.79 Å². The van der Waals surface area contributed by atoms with Crippen LogP contribution in [0.4, 0.5) is 0 Å². The Morgan fingerprint density at radius 1 is 1.37 bits per heavy atom. The molecule has 2 rings (SSSR count). The first-order valence-electron chi connectivity index (χ1n) is 7.33. The normalized spacial score (nSPS) is 16.7. The number of imidazole rings is 1. The summed E-state index contributed by atoms with van der Waals surface area (Å²) in [7, 11) is 3.81. The molecule has 1 aromatic heterocycles. The van der Waals surface area contributed by atoms with E-state index in [1.165, 1.54) is 28.4 Å². The molecule has 1 heterocycles. The fourth-order valence-corrected chi connectivity index (χ4v) is 2.85. The van der Waals surface area contributed by atoms with E-state index in [1.54, 1.807) is 6.20 Å². The van der Waals surface area contributed by atoms with Crippen molar-refractivity contribution in [1.82, 2.24) is 9.13 Å². The monoisotopic (exact) mass is 263 g/mol. The molecule has 0 saturated heterocycles. The first-order valence-corrected chi connectivity index (χ1v) is 7.33. The van der Waals surface area contributed by atoms with Crippen molar-refractivity contribution in [1.29, 1.82) is 0 Å². The summed E-state index contributed by atoms with van der Waals surface area (Å²) in [4.78, 5) is 24.1. The van der Waals surface area contributed by atoms with Crippen LogP contribution in [0.25, 0.3) is 0 Å². The molecule has 4 nitrogen and oxygen atoms in total. The van der Waals surface area contributed by atoms with E-state index in [2.05, 4.69) is 7.05 Å². The van der Waals surface area contributed by atoms with E-state index in [0.29, 0.717) is 12.3 Å². The molecule has 0 amide bonds. The van der Waals surface area contributed by atoms with Crippen LogP contribution in [0.2, 0.25) is 0 Å². The molecule has 0 spiro atoms. The maximum atomic E-state index is 12.1. The second-order valence-corrected chi connectivity index (χ2v) is 5.47. The zero-order chi connectivity index (χ0) is 13.8. The van der Waals surface area contributed by atoms with Crippen LogP contribution < -0.4 is 5.69 Å². The average Bonchev–Trinajstić information content (AvgIpc) is 2.74. The molecule has 0 bridgehead atoms. The number of hydrogen-bond donors (Lipinski definition) is 0. The molecule has 1 radical (unpaired) electrons. The topological polar surface area (TPSA) is 44.0 Å². The molecule has 4 heteroatoms. The highest BCUT2D eigenvalue weighted by Gasteiger charge is 2.22. The van der Waals surface area contributed by atoms with Crippen LogP contribution in [-0.2, 0) is 0 Å². The van der Waals surface area contributed by atoms with Gasteiger partial charge in [0.15, 0.2) is 0 Å². The minimum Gasteiger partial charge on any atom is -0.294 e. The number of carbonyl (C=O) groups is 1. The molecule has 0 aromatic carbocycles. The first-order chi connectivity index (χ1) is 9.15. The summed E-state index contributed by atoms with van der Waals surface area (Å²) in [5, 5.41) is 0. The van der Waals surface area contributed by atoms with E-state index in [1.807, 2.05) is 6.92 Å². The Kier molecular flexibility index (Phi) is 4.61. The second kappa shape index (κ2) is 6.22. The van der Waals surface area contributed by atoms with Crippen LogP contribution in [0, 0.1) is 7.05 Å². The molecule has 1 fully saturated rings. The summed E-state index contributed by atoms with van der Waals surface area (Å²) < 4.78 is 2.67. The predicted molar refractivity (Wildman–Crippen MR) is 75.4 cm³/mol. The van der Waals surface area contributed by atoms with Crippen LogP contribution in [0.3, 0.4) is 0 Å².